The van der Waals surface area contributed by atoms with Crippen LogP contribution in [0.15, 0.2) is 0 Å². The van der Waals surface area contributed by atoms with Gasteiger partial charge in [0.1, 0.15) is 0 Å². The molecule has 9 heavy (non-hydrogen) atoms. The number of hydrogen-bond acceptors (Lipinski definition) is 0. The van der Waals surface area contributed by atoms with E-state index in [-0.39, 0.29) is 0 Å². The molecule has 0 saturated heterocycles. The fourth-order valence-electron chi connectivity index (χ4n) is 1.59. The van der Waals surface area contributed by atoms with Gasteiger partial charge in [-0.3, -0.25) is 0 Å². The molecule has 50 valence electrons. The van der Waals surface area contributed by atoms with E-state index in [1.54, 1.807) is 0 Å². The molecule has 0 N–H and O–H groups in total. The van der Waals surface area contributed by atoms with E-state index in [1.165, 1.54) is 34.4 Å². The van der Waals surface area contributed by atoms with Crippen molar-refractivity contribution in [2.24, 2.45) is 5.41 Å². The summed E-state index contributed by atoms with van der Waals surface area (Å²) in [6.07, 6.45) is 1.35. The minimum absolute atomic E-state index is 0.519. The predicted molar refractivity (Wildman–Crippen MR) is 43.9 cm³/mol. The molecule has 0 fully saturated rings. The molecule has 0 amide bonds. The third-order valence-corrected chi connectivity index (χ3v) is 1.41. The fraction of sp³-hybridized carbons (Fsp3) is 1.00. The van der Waals surface area contributed by atoms with Crippen LogP contribution in [-0.2, 0) is 0 Å². The van der Waals surface area contributed by atoms with Crippen LogP contribution >= 0.6 is 0 Å². The number of rotatable bonds is 1. The molecule has 0 rings (SSSR count). The topological polar surface area (TPSA) is 0 Å². The normalized spacial score (nSPS) is 14.1. The van der Waals surface area contributed by atoms with Crippen LogP contribution in [-0.4, -0.2) is 27.9 Å². The van der Waals surface area contributed by atoms with Gasteiger partial charge in [0.2, 0.25) is 0 Å². The van der Waals surface area contributed by atoms with Crippen molar-refractivity contribution in [2.75, 3.05) is 0 Å². The van der Waals surface area contributed by atoms with E-state index in [9.17, 15) is 0 Å². The van der Waals surface area contributed by atoms with Crippen molar-refractivity contribution < 1.29 is 0 Å². The first-order valence-electron chi connectivity index (χ1n) is 3.71. The summed E-state index contributed by atoms with van der Waals surface area (Å²) >= 11 is 1.31. The Bertz CT molecular complexity index is 69.7. The molecule has 0 aromatic rings. The first-order valence-corrected chi connectivity index (χ1v) is 4.71. The van der Waals surface area contributed by atoms with Gasteiger partial charge in [-0.15, -0.1) is 0 Å². The summed E-state index contributed by atoms with van der Waals surface area (Å²) in [6.45, 7) is 11.6. The average Bonchev–Trinajstić information content (AvgIpc) is 1.14. The molecule has 0 spiro atoms. The van der Waals surface area contributed by atoms with E-state index >= 15 is 0 Å². The first-order chi connectivity index (χ1) is 3.71. The van der Waals surface area contributed by atoms with Crippen molar-refractivity contribution >= 4 is 27.9 Å². The first kappa shape index (κ1) is 10.0. The fourth-order valence-corrected chi connectivity index (χ4v) is 2.65. The summed E-state index contributed by atoms with van der Waals surface area (Å²) in [4.78, 5) is 0. The Morgan fingerprint density at radius 1 is 1.00 bits per heavy atom. The predicted octanol–water partition coefficient (Wildman–Crippen LogP) is 2.79. The Balaban J connectivity index is 3.75. The van der Waals surface area contributed by atoms with Crippen molar-refractivity contribution in [2.45, 2.75) is 43.7 Å². The van der Waals surface area contributed by atoms with E-state index in [2.05, 4.69) is 34.6 Å². The summed E-state index contributed by atoms with van der Waals surface area (Å²) in [5.41, 5.74) is 0.519. The maximum atomic E-state index is 2.35. The quantitative estimate of drug-likeness (QED) is 0.486. The molecular formula is C8H17Na. The van der Waals surface area contributed by atoms with Gasteiger partial charge in [0.25, 0.3) is 0 Å². The van der Waals surface area contributed by atoms with Crippen LogP contribution < -0.4 is 0 Å². The van der Waals surface area contributed by atoms with Gasteiger partial charge in [-0.2, -0.15) is 0 Å². The van der Waals surface area contributed by atoms with Crippen LogP contribution in [0.25, 0.3) is 0 Å². The van der Waals surface area contributed by atoms with E-state index in [0.29, 0.717) is 8.08 Å². The van der Waals surface area contributed by atoms with Gasteiger partial charge in [-0.05, 0) is 0 Å². The van der Waals surface area contributed by atoms with Gasteiger partial charge in [0.05, 0.1) is 0 Å². The SMILES string of the molecule is CC(C)(C)C[C](C)(C)[Na]. The van der Waals surface area contributed by atoms with Gasteiger partial charge < -0.3 is 0 Å². The molecule has 0 heterocycles. The van der Waals surface area contributed by atoms with Crippen molar-refractivity contribution in [1.82, 2.24) is 0 Å². The standard InChI is InChI=1S/C8H17.Na/c1-7(2)6-8(3,4)5;/h6H2,1-5H3;. The maximum absolute atomic E-state index is 2.35. The Kier molecular flexibility index (Phi) is 3.27. The third-order valence-electron chi connectivity index (χ3n) is 1.06. The van der Waals surface area contributed by atoms with Gasteiger partial charge in [0.15, 0.2) is 0 Å². The van der Waals surface area contributed by atoms with Crippen molar-refractivity contribution in [3.8, 4) is 0 Å². The molecule has 0 aliphatic heterocycles. The molecule has 0 saturated carbocycles. The van der Waals surface area contributed by atoms with E-state index in [0.717, 1.165) is 0 Å². The molecule has 0 unspecified atom stereocenters. The van der Waals surface area contributed by atoms with Crippen LogP contribution in [0.5, 0.6) is 0 Å². The third kappa shape index (κ3) is 9.00. The van der Waals surface area contributed by atoms with Gasteiger partial charge in [-0.25, -0.2) is 0 Å². The van der Waals surface area contributed by atoms with E-state index in [1.807, 2.05) is 0 Å². The summed E-state index contributed by atoms with van der Waals surface area (Å²) < 4.78 is 0.623. The van der Waals surface area contributed by atoms with Gasteiger partial charge in [0, 0.05) is 0 Å². The Labute approximate surface area is 76.8 Å². The zero-order chi connectivity index (χ0) is 7.71. The summed E-state index contributed by atoms with van der Waals surface area (Å²) in [5.74, 6) is 0. The molecule has 0 aromatic heterocycles. The molecular weight excluding hydrogens is 119 g/mol. The van der Waals surface area contributed by atoms with Crippen molar-refractivity contribution in [1.29, 1.82) is 0 Å². The zero-order valence-corrected chi connectivity index (χ0v) is 9.71. The van der Waals surface area contributed by atoms with Crippen LogP contribution in [0, 0.1) is 5.41 Å². The molecule has 0 atom stereocenters. The van der Waals surface area contributed by atoms with Crippen LogP contribution in [0.1, 0.15) is 41.0 Å². The van der Waals surface area contributed by atoms with Crippen molar-refractivity contribution in [3.05, 3.63) is 0 Å². The van der Waals surface area contributed by atoms with Crippen molar-refractivity contribution in [3.63, 3.8) is 0 Å². The summed E-state index contributed by atoms with van der Waals surface area (Å²) in [6, 6.07) is 0. The second kappa shape index (κ2) is 2.94. The molecule has 0 bridgehead atoms. The van der Waals surface area contributed by atoms with Gasteiger partial charge >= 0.3 is 77.0 Å². The molecule has 0 aliphatic carbocycles. The van der Waals surface area contributed by atoms with E-state index < -0.39 is 0 Å². The average molecular weight is 136 g/mol. The Morgan fingerprint density at radius 3 is 1.33 bits per heavy atom. The van der Waals surface area contributed by atoms with Crippen LogP contribution in [0.3, 0.4) is 0 Å². The molecule has 0 aliphatic rings. The van der Waals surface area contributed by atoms with Crippen LogP contribution in [0.2, 0.25) is 2.66 Å². The Morgan fingerprint density at radius 2 is 1.33 bits per heavy atom. The second-order valence-corrected chi connectivity index (χ2v) is 8.01. The summed E-state index contributed by atoms with van der Waals surface area (Å²) in [7, 11) is 0. The second-order valence-electron chi connectivity index (χ2n) is 5.30. The molecule has 0 radical (unpaired) electrons. The summed E-state index contributed by atoms with van der Waals surface area (Å²) in [5, 5.41) is 0. The van der Waals surface area contributed by atoms with Crippen LogP contribution in [0.4, 0.5) is 0 Å². The minimum atomic E-state index is 0.519. The monoisotopic (exact) mass is 136 g/mol. The molecule has 0 nitrogen and oxygen atoms in total. The van der Waals surface area contributed by atoms with E-state index in [4.69, 9.17) is 0 Å². The molecule has 0 aromatic carbocycles. The molecule has 1 heteroatoms. The number of hydrogen-bond donors (Lipinski definition) is 0. The van der Waals surface area contributed by atoms with Gasteiger partial charge in [-0.1, -0.05) is 0 Å². The Hall–Kier alpha value is 1.00. The zero-order valence-electron chi connectivity index (χ0n) is 7.71.